The summed E-state index contributed by atoms with van der Waals surface area (Å²) in [5, 5.41) is 4.39. The van der Waals surface area contributed by atoms with Crippen molar-refractivity contribution in [1.82, 2.24) is 5.32 Å². The Morgan fingerprint density at radius 2 is 1.66 bits per heavy atom. The van der Waals surface area contributed by atoms with E-state index in [9.17, 15) is 0 Å². The van der Waals surface area contributed by atoms with Gasteiger partial charge in [-0.05, 0) is 59.0 Å². The summed E-state index contributed by atoms with van der Waals surface area (Å²) in [6, 6.07) is 16.4. The maximum Gasteiger partial charge on any atom is 0.118 e. The number of benzene rings is 2. The Bertz CT molecular complexity index is 1120. The molecule has 2 aromatic rings. The number of methoxy groups -OCH3 is 1. The van der Waals surface area contributed by atoms with E-state index in [4.69, 9.17) is 27.9 Å². The van der Waals surface area contributed by atoms with Crippen LogP contribution in [-0.2, 0) is 0 Å². The standard InChI is InChI=1S/C27H26Cl2N2O/c1-19-15-23(16-24(28)17-26(19)29)27(18-30-2)31-14-4-5-20-6-8-21(9-7-20)22-10-12-25(32-3)13-11-22/h4-15,17-18,30H,16H2,1-3H3/b5-4+,27-18-,31-14+. The molecule has 164 valence electrons. The molecule has 32 heavy (non-hydrogen) atoms. The van der Waals surface area contributed by atoms with Gasteiger partial charge >= 0.3 is 0 Å². The van der Waals surface area contributed by atoms with Crippen LogP contribution >= 0.6 is 23.2 Å². The zero-order chi connectivity index (χ0) is 22.9. The molecule has 0 radical (unpaired) electrons. The number of hydrogen-bond acceptors (Lipinski definition) is 3. The van der Waals surface area contributed by atoms with Crippen LogP contribution in [0.15, 0.2) is 105 Å². The third kappa shape index (κ3) is 6.49. The van der Waals surface area contributed by atoms with Gasteiger partial charge in [-0.1, -0.05) is 71.8 Å². The van der Waals surface area contributed by atoms with Crippen LogP contribution in [0.2, 0.25) is 0 Å². The van der Waals surface area contributed by atoms with Crippen molar-refractivity contribution in [3.63, 3.8) is 0 Å². The third-order valence-electron chi connectivity index (χ3n) is 4.94. The molecule has 5 heteroatoms. The van der Waals surface area contributed by atoms with Gasteiger partial charge in [0.2, 0.25) is 0 Å². The second-order valence-electron chi connectivity index (χ2n) is 7.27. The molecular weight excluding hydrogens is 439 g/mol. The van der Waals surface area contributed by atoms with Crippen molar-refractivity contribution in [2.24, 2.45) is 4.99 Å². The molecule has 1 N–H and O–H groups in total. The fourth-order valence-corrected chi connectivity index (χ4v) is 3.72. The Hall–Kier alpha value is -3.01. The zero-order valence-electron chi connectivity index (χ0n) is 18.4. The highest BCUT2D eigenvalue weighted by molar-refractivity contribution is 6.35. The summed E-state index contributed by atoms with van der Waals surface area (Å²) in [4.78, 5) is 4.62. The van der Waals surface area contributed by atoms with Crippen molar-refractivity contribution >= 4 is 35.5 Å². The number of nitrogens with zero attached hydrogens (tertiary/aromatic N) is 1. The van der Waals surface area contributed by atoms with Gasteiger partial charge in [-0.2, -0.15) is 0 Å². The Kier molecular flexibility index (Phi) is 8.55. The lowest BCUT2D eigenvalue weighted by Crippen LogP contribution is -1.98. The zero-order valence-corrected chi connectivity index (χ0v) is 19.9. The van der Waals surface area contributed by atoms with Crippen molar-refractivity contribution in [2.45, 2.75) is 13.3 Å². The molecule has 3 rings (SSSR count). The number of halogens is 2. The first kappa shape index (κ1) is 23.6. The van der Waals surface area contributed by atoms with E-state index in [2.05, 4.69) is 46.7 Å². The predicted octanol–water partition coefficient (Wildman–Crippen LogP) is 7.47. The maximum atomic E-state index is 6.32. The second-order valence-corrected chi connectivity index (χ2v) is 8.17. The van der Waals surface area contributed by atoms with Gasteiger partial charge in [0.05, 0.1) is 12.8 Å². The van der Waals surface area contributed by atoms with Crippen LogP contribution in [0, 0.1) is 0 Å². The number of allylic oxidation sites excluding steroid dienone is 7. The number of nitrogens with one attached hydrogen (secondary N) is 1. The molecule has 0 atom stereocenters. The van der Waals surface area contributed by atoms with Crippen molar-refractivity contribution in [2.75, 3.05) is 14.2 Å². The molecule has 0 bridgehead atoms. The Morgan fingerprint density at radius 1 is 1.00 bits per heavy atom. The van der Waals surface area contributed by atoms with E-state index in [1.54, 1.807) is 19.4 Å². The van der Waals surface area contributed by atoms with Gasteiger partial charge in [-0.25, -0.2) is 0 Å². The minimum Gasteiger partial charge on any atom is -0.497 e. The Balaban J connectivity index is 1.70. The molecule has 0 aliphatic heterocycles. The quantitative estimate of drug-likeness (QED) is 0.430. The molecule has 2 aromatic carbocycles. The van der Waals surface area contributed by atoms with Crippen LogP contribution in [0.25, 0.3) is 17.2 Å². The van der Waals surface area contributed by atoms with Crippen LogP contribution in [0.1, 0.15) is 18.9 Å². The summed E-state index contributed by atoms with van der Waals surface area (Å²) < 4.78 is 5.22. The summed E-state index contributed by atoms with van der Waals surface area (Å²) in [6.07, 6.45) is 12.0. The van der Waals surface area contributed by atoms with Crippen LogP contribution in [0.5, 0.6) is 5.75 Å². The third-order valence-corrected chi connectivity index (χ3v) is 5.59. The van der Waals surface area contributed by atoms with Gasteiger partial charge in [0.1, 0.15) is 5.75 Å². The van der Waals surface area contributed by atoms with Crippen molar-refractivity contribution < 1.29 is 4.74 Å². The van der Waals surface area contributed by atoms with Gasteiger partial charge in [0, 0.05) is 35.9 Å². The summed E-state index contributed by atoms with van der Waals surface area (Å²) in [5.41, 5.74) is 6.18. The van der Waals surface area contributed by atoms with Gasteiger partial charge in [0.15, 0.2) is 0 Å². The Morgan fingerprint density at radius 3 is 2.28 bits per heavy atom. The lowest BCUT2D eigenvalue weighted by Gasteiger charge is -2.07. The largest absolute Gasteiger partial charge is 0.497 e. The molecule has 0 amide bonds. The smallest absolute Gasteiger partial charge is 0.118 e. The van der Waals surface area contributed by atoms with E-state index < -0.39 is 0 Å². The SMILES string of the molecule is CN\C=C(/N=C/C=C/c1ccc(-c2ccc(OC)cc2)cc1)C1=CC(C)=C(Cl)C=C(Cl)C1. The fourth-order valence-electron chi connectivity index (χ4n) is 3.23. The molecule has 3 nitrogen and oxygen atoms in total. The number of ether oxygens (including phenoxy) is 1. The van der Waals surface area contributed by atoms with Crippen LogP contribution < -0.4 is 10.1 Å². The van der Waals surface area contributed by atoms with E-state index in [1.165, 1.54) is 0 Å². The van der Waals surface area contributed by atoms with Gasteiger partial charge in [0.25, 0.3) is 0 Å². The van der Waals surface area contributed by atoms with Crippen LogP contribution in [0.4, 0.5) is 0 Å². The number of rotatable bonds is 7. The predicted molar refractivity (Wildman–Crippen MR) is 138 cm³/mol. The van der Waals surface area contributed by atoms with Gasteiger partial charge in [-0.3, -0.25) is 4.99 Å². The molecular formula is C27H26Cl2N2O. The van der Waals surface area contributed by atoms with E-state index in [-0.39, 0.29) is 0 Å². The van der Waals surface area contributed by atoms with Crippen LogP contribution in [0.3, 0.4) is 0 Å². The summed E-state index contributed by atoms with van der Waals surface area (Å²) in [7, 11) is 3.52. The molecule has 0 aromatic heterocycles. The van der Waals surface area contributed by atoms with E-state index in [0.717, 1.165) is 39.3 Å². The molecule has 0 saturated heterocycles. The van der Waals surface area contributed by atoms with Crippen molar-refractivity contribution in [3.05, 3.63) is 105 Å². The fraction of sp³-hybridized carbons (Fsp3) is 0.148. The molecule has 1 aliphatic carbocycles. The van der Waals surface area contributed by atoms with Crippen LogP contribution in [-0.4, -0.2) is 20.4 Å². The van der Waals surface area contributed by atoms with Gasteiger partial charge in [-0.15, -0.1) is 0 Å². The molecule has 0 heterocycles. The molecule has 0 unspecified atom stereocenters. The van der Waals surface area contributed by atoms with Gasteiger partial charge < -0.3 is 10.1 Å². The highest BCUT2D eigenvalue weighted by Gasteiger charge is 2.11. The first-order valence-corrected chi connectivity index (χ1v) is 11.0. The monoisotopic (exact) mass is 464 g/mol. The highest BCUT2D eigenvalue weighted by atomic mass is 35.5. The number of hydrogen-bond donors (Lipinski definition) is 1. The lowest BCUT2D eigenvalue weighted by molar-refractivity contribution is 0.415. The topological polar surface area (TPSA) is 33.6 Å². The summed E-state index contributed by atoms with van der Waals surface area (Å²) >= 11 is 12.6. The highest BCUT2D eigenvalue weighted by Crippen LogP contribution is 2.30. The molecule has 1 aliphatic rings. The van der Waals surface area contributed by atoms with Crippen molar-refractivity contribution in [3.8, 4) is 16.9 Å². The maximum absolute atomic E-state index is 6.32. The lowest BCUT2D eigenvalue weighted by atomic mass is 10.0. The van der Waals surface area contributed by atoms with E-state index in [1.807, 2.05) is 50.5 Å². The molecule has 0 spiro atoms. The first-order chi connectivity index (χ1) is 15.5. The normalized spacial score (nSPS) is 15.1. The minimum atomic E-state index is 0.580. The average molecular weight is 465 g/mol. The van der Waals surface area contributed by atoms with E-state index in [0.29, 0.717) is 16.5 Å². The summed E-state index contributed by atoms with van der Waals surface area (Å²) in [6.45, 7) is 1.96. The first-order valence-electron chi connectivity index (χ1n) is 10.3. The Labute approximate surface area is 200 Å². The average Bonchev–Trinajstić information content (AvgIpc) is 2.93. The number of aliphatic imine (C=N–C) groups is 1. The second kappa shape index (κ2) is 11.6. The van der Waals surface area contributed by atoms with Crippen molar-refractivity contribution in [1.29, 1.82) is 0 Å². The molecule has 0 saturated carbocycles. The minimum absolute atomic E-state index is 0.580. The van der Waals surface area contributed by atoms with E-state index >= 15 is 0 Å². The summed E-state index contributed by atoms with van der Waals surface area (Å²) in [5.74, 6) is 0.853. The molecule has 0 fully saturated rings.